The highest BCUT2D eigenvalue weighted by Gasteiger charge is 2.68. The van der Waals surface area contributed by atoms with Gasteiger partial charge in [0.2, 0.25) is 5.91 Å². The van der Waals surface area contributed by atoms with Crippen LogP contribution in [0.1, 0.15) is 27.7 Å². The lowest BCUT2D eigenvalue weighted by molar-refractivity contribution is -0.118. The van der Waals surface area contributed by atoms with Crippen molar-refractivity contribution in [2.24, 2.45) is 16.7 Å². The summed E-state index contributed by atoms with van der Waals surface area (Å²) in [5.74, 6) is 0.251. The van der Waals surface area contributed by atoms with Crippen LogP contribution in [-0.4, -0.2) is 5.91 Å². The molecule has 86 valence electrons. The lowest BCUT2D eigenvalue weighted by Gasteiger charge is -2.05. The molecule has 0 heterocycles. The van der Waals surface area contributed by atoms with Crippen LogP contribution in [0.2, 0.25) is 0 Å². The van der Waals surface area contributed by atoms with E-state index in [0.717, 1.165) is 5.69 Å². The third kappa shape index (κ3) is 1.53. The van der Waals surface area contributed by atoms with Crippen LogP contribution in [0.4, 0.5) is 5.69 Å². The maximum Gasteiger partial charge on any atom is 0.228 e. The predicted molar refractivity (Wildman–Crippen MR) is 66.1 cm³/mol. The number of hydrogen-bond donors (Lipinski definition) is 1. The molecule has 2 nitrogen and oxygen atoms in total. The highest BCUT2D eigenvalue weighted by molar-refractivity contribution is 5.96. The Balaban J connectivity index is 2.07. The molecule has 0 aliphatic heterocycles. The van der Waals surface area contributed by atoms with Crippen molar-refractivity contribution in [3.8, 4) is 0 Å². The first-order valence-corrected chi connectivity index (χ1v) is 5.73. The Morgan fingerprint density at radius 3 is 2.00 bits per heavy atom. The number of benzene rings is 1. The van der Waals surface area contributed by atoms with Crippen LogP contribution in [0, 0.1) is 16.7 Å². The quantitative estimate of drug-likeness (QED) is 0.809. The average Bonchev–Trinajstić information content (AvgIpc) is 2.58. The molecular formula is C14H19NO. The molecule has 0 bridgehead atoms. The van der Waals surface area contributed by atoms with Crippen molar-refractivity contribution >= 4 is 11.6 Å². The second-order valence-corrected chi connectivity index (χ2v) is 5.73. The van der Waals surface area contributed by atoms with E-state index in [0.29, 0.717) is 0 Å². The Morgan fingerprint density at radius 1 is 1.06 bits per heavy atom. The number of rotatable bonds is 2. The van der Waals surface area contributed by atoms with Crippen LogP contribution >= 0.6 is 0 Å². The summed E-state index contributed by atoms with van der Waals surface area (Å²) in [6.07, 6.45) is 0. The molecule has 1 aromatic rings. The third-order valence-electron chi connectivity index (χ3n) is 4.32. The molecule has 0 radical (unpaired) electrons. The average molecular weight is 217 g/mol. The molecule has 16 heavy (non-hydrogen) atoms. The van der Waals surface area contributed by atoms with E-state index in [-0.39, 0.29) is 22.7 Å². The van der Waals surface area contributed by atoms with Gasteiger partial charge in [-0.05, 0) is 23.0 Å². The van der Waals surface area contributed by atoms with Gasteiger partial charge in [0.05, 0.1) is 0 Å². The van der Waals surface area contributed by atoms with Gasteiger partial charge in [-0.3, -0.25) is 4.79 Å². The molecule has 1 N–H and O–H groups in total. The van der Waals surface area contributed by atoms with Gasteiger partial charge in [0.1, 0.15) is 0 Å². The van der Waals surface area contributed by atoms with Crippen molar-refractivity contribution in [3.05, 3.63) is 30.3 Å². The predicted octanol–water partition coefficient (Wildman–Crippen LogP) is 3.31. The van der Waals surface area contributed by atoms with E-state index >= 15 is 0 Å². The summed E-state index contributed by atoms with van der Waals surface area (Å²) in [6, 6.07) is 9.64. The maximum absolute atomic E-state index is 12.1. The highest BCUT2D eigenvalue weighted by atomic mass is 16.2. The molecule has 1 aliphatic carbocycles. The van der Waals surface area contributed by atoms with Gasteiger partial charge in [-0.15, -0.1) is 0 Å². The van der Waals surface area contributed by atoms with E-state index in [2.05, 4.69) is 33.0 Å². The summed E-state index contributed by atoms with van der Waals surface area (Å²) in [5, 5.41) is 2.98. The smallest absolute Gasteiger partial charge is 0.228 e. The molecule has 1 fully saturated rings. The van der Waals surface area contributed by atoms with Crippen molar-refractivity contribution in [1.82, 2.24) is 0 Å². The molecule has 0 unspecified atom stereocenters. The first-order valence-electron chi connectivity index (χ1n) is 5.73. The van der Waals surface area contributed by atoms with Crippen LogP contribution in [0.5, 0.6) is 0 Å². The lowest BCUT2D eigenvalue weighted by Crippen LogP contribution is -2.17. The van der Waals surface area contributed by atoms with E-state index < -0.39 is 0 Å². The standard InChI is InChI=1S/C14H19NO/c1-13(2)11(14(13,3)4)12(16)15-10-8-6-5-7-9-10/h5-9,11H,1-4H3,(H,15,16). The number of carbonyl (C=O) groups is 1. The summed E-state index contributed by atoms with van der Waals surface area (Å²) < 4.78 is 0. The molecule has 2 rings (SSSR count). The highest BCUT2D eigenvalue weighted by Crippen LogP contribution is 2.68. The van der Waals surface area contributed by atoms with Crippen molar-refractivity contribution in [2.75, 3.05) is 5.32 Å². The maximum atomic E-state index is 12.1. The van der Waals surface area contributed by atoms with Crippen LogP contribution < -0.4 is 5.32 Å². The monoisotopic (exact) mass is 217 g/mol. The summed E-state index contributed by atoms with van der Waals surface area (Å²) in [4.78, 5) is 12.1. The molecule has 1 saturated carbocycles. The van der Waals surface area contributed by atoms with Crippen molar-refractivity contribution in [2.45, 2.75) is 27.7 Å². The normalized spacial score (nSPS) is 21.5. The van der Waals surface area contributed by atoms with E-state index in [9.17, 15) is 4.79 Å². The second kappa shape index (κ2) is 3.34. The van der Waals surface area contributed by atoms with E-state index in [1.165, 1.54) is 0 Å². The Bertz CT molecular complexity index is 392. The minimum absolute atomic E-state index is 0.103. The van der Waals surface area contributed by atoms with Gasteiger partial charge in [-0.1, -0.05) is 45.9 Å². The van der Waals surface area contributed by atoms with E-state index in [1.807, 2.05) is 30.3 Å². The lowest BCUT2D eigenvalue weighted by atomic mass is 10.0. The van der Waals surface area contributed by atoms with Crippen molar-refractivity contribution in [3.63, 3.8) is 0 Å². The number of anilines is 1. The Kier molecular flexibility index (Phi) is 2.33. The van der Waals surface area contributed by atoms with Gasteiger partial charge in [-0.2, -0.15) is 0 Å². The van der Waals surface area contributed by atoms with Gasteiger partial charge in [0.15, 0.2) is 0 Å². The van der Waals surface area contributed by atoms with Gasteiger partial charge in [-0.25, -0.2) is 0 Å². The first-order chi connectivity index (χ1) is 7.37. The zero-order valence-corrected chi connectivity index (χ0v) is 10.4. The van der Waals surface area contributed by atoms with Gasteiger partial charge in [0, 0.05) is 11.6 Å². The van der Waals surface area contributed by atoms with E-state index in [4.69, 9.17) is 0 Å². The molecule has 0 saturated heterocycles. The van der Waals surface area contributed by atoms with Crippen LogP contribution in [0.3, 0.4) is 0 Å². The second-order valence-electron chi connectivity index (χ2n) is 5.73. The third-order valence-corrected chi connectivity index (χ3v) is 4.32. The van der Waals surface area contributed by atoms with Crippen LogP contribution in [-0.2, 0) is 4.79 Å². The zero-order chi connectivity index (χ0) is 12.0. The number of hydrogen-bond acceptors (Lipinski definition) is 1. The van der Waals surface area contributed by atoms with Crippen LogP contribution in [0.25, 0.3) is 0 Å². The Labute approximate surface area is 97.1 Å². The molecule has 1 aliphatic rings. The number of amides is 1. The summed E-state index contributed by atoms with van der Waals surface area (Å²) in [6.45, 7) is 8.62. The van der Waals surface area contributed by atoms with Crippen molar-refractivity contribution < 1.29 is 4.79 Å². The number of nitrogens with one attached hydrogen (secondary N) is 1. The Hall–Kier alpha value is -1.31. The van der Waals surface area contributed by atoms with Gasteiger partial charge >= 0.3 is 0 Å². The molecule has 0 spiro atoms. The summed E-state index contributed by atoms with van der Waals surface area (Å²) in [5.41, 5.74) is 1.09. The minimum atomic E-state index is 0.103. The number of carbonyl (C=O) groups excluding carboxylic acids is 1. The SMILES string of the molecule is CC1(C)C(C(=O)Nc2ccccc2)C1(C)C. The minimum Gasteiger partial charge on any atom is -0.326 e. The molecule has 0 aromatic heterocycles. The largest absolute Gasteiger partial charge is 0.326 e. The molecule has 0 atom stereocenters. The summed E-state index contributed by atoms with van der Waals surface area (Å²) >= 11 is 0. The fourth-order valence-electron chi connectivity index (χ4n) is 2.59. The first kappa shape index (κ1) is 11.2. The van der Waals surface area contributed by atoms with Gasteiger partial charge in [0.25, 0.3) is 0 Å². The Morgan fingerprint density at radius 2 is 1.56 bits per heavy atom. The molecule has 2 heteroatoms. The van der Waals surface area contributed by atoms with Gasteiger partial charge < -0.3 is 5.32 Å². The topological polar surface area (TPSA) is 29.1 Å². The fraction of sp³-hybridized carbons (Fsp3) is 0.500. The molecule has 1 amide bonds. The van der Waals surface area contributed by atoms with Crippen LogP contribution in [0.15, 0.2) is 30.3 Å². The summed E-state index contributed by atoms with van der Waals surface area (Å²) in [7, 11) is 0. The van der Waals surface area contributed by atoms with Crippen molar-refractivity contribution in [1.29, 1.82) is 0 Å². The molecule has 1 aromatic carbocycles. The molecular weight excluding hydrogens is 198 g/mol. The zero-order valence-electron chi connectivity index (χ0n) is 10.4. The fourth-order valence-corrected chi connectivity index (χ4v) is 2.59. The number of para-hydroxylation sites is 1. The van der Waals surface area contributed by atoms with E-state index in [1.54, 1.807) is 0 Å².